The van der Waals surface area contributed by atoms with E-state index in [1.165, 1.54) is 16.8 Å². The summed E-state index contributed by atoms with van der Waals surface area (Å²) in [4.78, 5) is 31.8. The van der Waals surface area contributed by atoms with Crippen LogP contribution in [0.3, 0.4) is 0 Å². The molecule has 1 aliphatic heterocycles. The zero-order valence-corrected chi connectivity index (χ0v) is 34.4. The summed E-state index contributed by atoms with van der Waals surface area (Å²) in [5, 5.41) is 0. The number of ether oxygens (including phenoxy) is 5. The molecule has 0 saturated carbocycles. The van der Waals surface area contributed by atoms with Gasteiger partial charge < -0.3 is 37.7 Å². The van der Waals surface area contributed by atoms with E-state index in [4.69, 9.17) is 32.7 Å². The van der Waals surface area contributed by atoms with Gasteiger partial charge in [0.15, 0.2) is 6.23 Å². The van der Waals surface area contributed by atoms with Crippen molar-refractivity contribution in [3.8, 4) is 5.75 Å². The molecule has 56 heavy (non-hydrogen) atoms. The smallest absolute Gasteiger partial charge is 0.330 e. The summed E-state index contributed by atoms with van der Waals surface area (Å²) in [6.45, 7) is 8.76. The molecule has 2 heterocycles. The number of rotatable bonds is 19. The van der Waals surface area contributed by atoms with E-state index in [9.17, 15) is 9.59 Å². The van der Waals surface area contributed by atoms with Gasteiger partial charge in [0.25, 0.3) is 14.1 Å². The highest BCUT2D eigenvalue weighted by Gasteiger charge is 2.51. The average molecular weight is 791 g/mol. The number of allylic oxidation sites excluding steroid dienone is 4. The molecule has 14 heteroatoms. The van der Waals surface area contributed by atoms with Crippen molar-refractivity contribution in [2.24, 2.45) is 4.99 Å². The van der Waals surface area contributed by atoms with Crippen LogP contribution < -0.4 is 16.0 Å². The van der Waals surface area contributed by atoms with Crippen LogP contribution in [0.15, 0.2) is 117 Å². The third-order valence-corrected chi connectivity index (χ3v) is 11.8. The van der Waals surface area contributed by atoms with Crippen LogP contribution >= 0.6 is 8.53 Å². The maximum absolute atomic E-state index is 13.3. The predicted octanol–water partition coefficient (Wildman–Crippen LogP) is 6.67. The summed E-state index contributed by atoms with van der Waals surface area (Å²) in [5.74, 6) is 1.41. The van der Waals surface area contributed by atoms with E-state index < -0.39 is 49.9 Å². The number of aromatic nitrogens is 2. The van der Waals surface area contributed by atoms with E-state index in [2.05, 4.69) is 48.4 Å². The first kappa shape index (κ1) is 42.9. The Bertz CT molecular complexity index is 1940. The van der Waals surface area contributed by atoms with Gasteiger partial charge in [0.1, 0.15) is 35.4 Å². The maximum atomic E-state index is 13.3. The van der Waals surface area contributed by atoms with Crippen LogP contribution in [-0.4, -0.2) is 92.4 Å². The van der Waals surface area contributed by atoms with Crippen molar-refractivity contribution in [1.82, 2.24) is 14.2 Å². The highest BCUT2D eigenvalue weighted by molar-refractivity contribution is 7.44. The molecule has 6 unspecified atom stereocenters. The average Bonchev–Trinajstić information content (AvgIpc) is 3.34. The van der Waals surface area contributed by atoms with Gasteiger partial charge in [0, 0.05) is 51.1 Å². The number of benzene rings is 2. The number of hydrogen-bond acceptors (Lipinski definition) is 11. The molecule has 0 radical (unpaired) electrons. The number of nitrogens with zero attached hydrogens (tertiary/aromatic N) is 3. The standard InChI is InChI=1S/C42H55N4O9P/c1-29(2)46(30(3)4)56(53-27-13-25-43-5)55-38-36(54-40(39(38)51-8)45-26-24-37(47)44-41(45)48)28-52-42(31-14-10-9-11-15-31,33-19-22-35(50-7)23-20-33)32-16-12-17-34(49-6)21-18-32/h9-12,14-15,17-26,29-30,36,38-40H,13,16,27-28H2,1-8H3,(H,44,47,48). The zero-order valence-electron chi connectivity index (χ0n) is 33.5. The molecule has 0 spiro atoms. The minimum absolute atomic E-state index is 0.00300. The largest absolute Gasteiger partial charge is 0.497 e. The topological polar surface area (TPSA) is 135 Å². The molecule has 0 bridgehead atoms. The maximum Gasteiger partial charge on any atom is 0.330 e. The predicted molar refractivity (Wildman–Crippen MR) is 218 cm³/mol. The molecular formula is C42H55N4O9P. The second-order valence-corrected chi connectivity index (χ2v) is 15.3. The Morgan fingerprint density at radius 1 is 0.964 bits per heavy atom. The minimum Gasteiger partial charge on any atom is -0.497 e. The van der Waals surface area contributed by atoms with Crippen molar-refractivity contribution in [2.75, 3.05) is 41.6 Å². The van der Waals surface area contributed by atoms with Gasteiger partial charge in [-0.05, 0) is 75.1 Å². The van der Waals surface area contributed by atoms with Crippen LogP contribution in [-0.2, 0) is 33.6 Å². The zero-order chi connectivity index (χ0) is 40.2. The van der Waals surface area contributed by atoms with Gasteiger partial charge >= 0.3 is 5.69 Å². The molecule has 5 rings (SSSR count). The molecule has 1 fully saturated rings. The fourth-order valence-electron chi connectivity index (χ4n) is 7.12. The summed E-state index contributed by atoms with van der Waals surface area (Å²) in [6.07, 6.45) is 8.96. The van der Waals surface area contributed by atoms with Crippen molar-refractivity contribution in [3.63, 3.8) is 0 Å². The molecular weight excluding hydrogens is 735 g/mol. The van der Waals surface area contributed by atoms with Crippen molar-refractivity contribution in [2.45, 2.75) is 82.8 Å². The lowest BCUT2D eigenvalue weighted by atomic mass is 9.78. The van der Waals surface area contributed by atoms with Crippen molar-refractivity contribution < 1.29 is 32.7 Å². The van der Waals surface area contributed by atoms with E-state index in [0.29, 0.717) is 31.0 Å². The summed E-state index contributed by atoms with van der Waals surface area (Å²) < 4.78 is 48.5. The first-order valence-corrected chi connectivity index (χ1v) is 19.9. The Kier molecular flexibility index (Phi) is 15.6. The molecule has 3 aromatic rings. The fourth-order valence-corrected chi connectivity index (χ4v) is 8.90. The van der Waals surface area contributed by atoms with Gasteiger partial charge in [0.2, 0.25) is 0 Å². The van der Waals surface area contributed by atoms with Crippen molar-refractivity contribution >= 4 is 14.7 Å². The molecule has 1 N–H and O–H groups in total. The molecule has 2 aromatic carbocycles. The summed E-state index contributed by atoms with van der Waals surface area (Å²) in [7, 11) is 4.86. The fraction of sp³-hybridized carbons (Fsp3) is 0.452. The Hall–Kier alpha value is -4.20. The number of nitrogens with one attached hydrogen (secondary N) is 1. The minimum atomic E-state index is -1.69. The highest BCUT2D eigenvalue weighted by Crippen LogP contribution is 2.51. The van der Waals surface area contributed by atoms with Crippen LogP contribution in [0, 0.1) is 0 Å². The molecule has 1 aromatic heterocycles. The molecule has 6 atom stereocenters. The Morgan fingerprint density at radius 2 is 1.68 bits per heavy atom. The molecule has 2 aliphatic rings. The van der Waals surface area contributed by atoms with Gasteiger partial charge in [-0.1, -0.05) is 54.6 Å². The van der Waals surface area contributed by atoms with Crippen molar-refractivity contribution in [3.05, 3.63) is 134 Å². The lowest BCUT2D eigenvalue weighted by molar-refractivity contribution is -0.0970. The van der Waals surface area contributed by atoms with Gasteiger partial charge in [0.05, 0.1) is 27.4 Å². The second-order valence-electron chi connectivity index (χ2n) is 13.9. The van der Waals surface area contributed by atoms with Crippen LogP contribution in [0.2, 0.25) is 0 Å². The molecule has 1 saturated heterocycles. The van der Waals surface area contributed by atoms with E-state index in [1.807, 2.05) is 72.8 Å². The Balaban J connectivity index is 1.65. The summed E-state index contributed by atoms with van der Waals surface area (Å²) in [5.41, 5.74) is 0.398. The summed E-state index contributed by atoms with van der Waals surface area (Å²) >= 11 is 0. The van der Waals surface area contributed by atoms with Crippen molar-refractivity contribution in [1.29, 1.82) is 0 Å². The number of hydrogen-bond donors (Lipinski definition) is 1. The van der Waals surface area contributed by atoms with Crippen LogP contribution in [0.5, 0.6) is 5.75 Å². The highest BCUT2D eigenvalue weighted by atomic mass is 31.2. The molecule has 0 amide bonds. The molecule has 1 aliphatic carbocycles. The Morgan fingerprint density at radius 3 is 2.30 bits per heavy atom. The second kappa shape index (κ2) is 20.3. The van der Waals surface area contributed by atoms with Crippen LogP contribution in [0.1, 0.15) is 57.9 Å². The number of methoxy groups -OCH3 is 3. The van der Waals surface area contributed by atoms with Gasteiger partial charge in [-0.3, -0.25) is 14.3 Å². The van der Waals surface area contributed by atoms with E-state index >= 15 is 0 Å². The van der Waals surface area contributed by atoms with Gasteiger partial charge in [-0.25, -0.2) is 9.46 Å². The molecule has 302 valence electrons. The van der Waals surface area contributed by atoms with Gasteiger partial charge in [-0.2, -0.15) is 0 Å². The first-order chi connectivity index (χ1) is 27.1. The Labute approximate surface area is 330 Å². The summed E-state index contributed by atoms with van der Waals surface area (Å²) in [6, 6.07) is 19.3. The SMILES string of the molecule is CN=CCCOP(OC1C(COC(C2=CC=C(OC)C=CC2)(c2ccccc2)c2ccc(OC)cc2)OC(n2ccc(=O)[nH]c2=O)C1OC)N(C(C)C)C(C)C. The lowest BCUT2D eigenvalue weighted by Crippen LogP contribution is -2.43. The monoisotopic (exact) mass is 790 g/mol. The van der Waals surface area contributed by atoms with Crippen LogP contribution in [0.25, 0.3) is 0 Å². The van der Waals surface area contributed by atoms with E-state index in [1.54, 1.807) is 34.6 Å². The number of H-pyrrole nitrogens is 1. The third kappa shape index (κ3) is 9.84. The van der Waals surface area contributed by atoms with Crippen LogP contribution in [0.4, 0.5) is 0 Å². The van der Waals surface area contributed by atoms with Gasteiger partial charge in [-0.15, -0.1) is 0 Å². The van der Waals surface area contributed by atoms with E-state index in [0.717, 1.165) is 16.7 Å². The quantitative estimate of drug-likeness (QED) is 0.0797. The number of aromatic amines is 1. The number of aliphatic imine (C=N–C) groups is 1. The lowest BCUT2D eigenvalue weighted by Gasteiger charge is -2.40. The first-order valence-electron chi connectivity index (χ1n) is 18.8. The van der Waals surface area contributed by atoms with E-state index in [-0.39, 0.29) is 18.7 Å². The molecule has 13 nitrogen and oxygen atoms in total. The third-order valence-electron chi connectivity index (χ3n) is 9.67. The normalized spacial score (nSPS) is 21.6.